The molecule has 4 aliphatic carbocycles. The molecule has 8 atom stereocenters. The molecule has 0 aromatic heterocycles. The number of ether oxygens (including phenoxy) is 2. The van der Waals surface area contributed by atoms with Crippen LogP contribution in [0, 0.1) is 35.0 Å². The van der Waals surface area contributed by atoms with Gasteiger partial charge in [0.15, 0.2) is 11.4 Å². The highest BCUT2D eigenvalue weighted by molar-refractivity contribution is 6.04. The standard InChI is InChI=1S/C29H40O8/c1-9-15(4)25(33)36-23-17(6)28(35)19(21-26(7,8)29(21,23)37-24(32)14(2)3)11-18(13-30)12-27(34)20(28)10-16(5)22(27)31/h9-11,14,17,19-21,23,30,34-35H,12-13H2,1-8H3/b15-9+/t17-,19+,20+,21-,23-,27-,28-,29-/m1/s1. The zero-order chi connectivity index (χ0) is 27.9. The third-order valence-electron chi connectivity index (χ3n) is 9.69. The summed E-state index contributed by atoms with van der Waals surface area (Å²) in [4.78, 5) is 39.3. The fraction of sp³-hybridized carbons (Fsp3) is 0.690. The van der Waals surface area contributed by atoms with E-state index in [2.05, 4.69) is 0 Å². The van der Waals surface area contributed by atoms with Gasteiger partial charge >= 0.3 is 11.9 Å². The number of aliphatic hydroxyl groups is 3. The zero-order valence-electron chi connectivity index (χ0n) is 23.0. The lowest BCUT2D eigenvalue weighted by Crippen LogP contribution is -2.66. The van der Waals surface area contributed by atoms with Crippen LogP contribution in [-0.2, 0) is 23.9 Å². The van der Waals surface area contributed by atoms with Crippen LogP contribution in [0.2, 0.25) is 0 Å². The number of carbonyl (C=O) groups excluding carboxylic acids is 3. The van der Waals surface area contributed by atoms with E-state index in [1.54, 1.807) is 59.8 Å². The van der Waals surface area contributed by atoms with E-state index in [4.69, 9.17) is 9.47 Å². The highest BCUT2D eigenvalue weighted by Crippen LogP contribution is 2.77. The molecule has 0 aromatic carbocycles. The van der Waals surface area contributed by atoms with Crippen molar-refractivity contribution in [1.29, 1.82) is 0 Å². The largest absolute Gasteiger partial charge is 0.454 e. The number of ketones is 1. The first kappa shape index (κ1) is 27.7. The molecule has 0 heterocycles. The molecular formula is C29H40O8. The first-order valence-corrected chi connectivity index (χ1v) is 13.1. The van der Waals surface area contributed by atoms with Crippen molar-refractivity contribution in [3.63, 3.8) is 0 Å². The molecule has 0 spiro atoms. The molecule has 0 unspecified atom stereocenters. The molecule has 0 aliphatic heterocycles. The SMILES string of the molecule is C/C=C(\C)C(=O)O[C@@H]1[C@@H](C)[C@]2(O)[C@H]3C=C(C)C(=O)[C@@]3(O)CC(CO)=C[C@H]2[C@@H]2C(C)(C)[C@]12OC(=O)C(C)C. The number of Topliss-reactive ketones (excluding diaryl/α,β-unsaturated/α-hetero) is 1. The number of esters is 2. The van der Waals surface area contributed by atoms with Crippen molar-refractivity contribution in [2.75, 3.05) is 6.61 Å². The quantitative estimate of drug-likeness (QED) is 0.289. The summed E-state index contributed by atoms with van der Waals surface area (Å²) in [5, 5.41) is 34.6. The minimum atomic E-state index is -1.95. The van der Waals surface area contributed by atoms with Crippen LogP contribution in [0.25, 0.3) is 0 Å². The summed E-state index contributed by atoms with van der Waals surface area (Å²) in [5.41, 5.74) is -4.51. The lowest BCUT2D eigenvalue weighted by Gasteiger charge is -2.53. The third kappa shape index (κ3) is 3.48. The van der Waals surface area contributed by atoms with Gasteiger partial charge < -0.3 is 24.8 Å². The highest BCUT2D eigenvalue weighted by atomic mass is 16.6. The van der Waals surface area contributed by atoms with Crippen molar-refractivity contribution >= 4 is 17.7 Å². The van der Waals surface area contributed by atoms with Gasteiger partial charge in [0.25, 0.3) is 0 Å². The van der Waals surface area contributed by atoms with Gasteiger partial charge in [0.1, 0.15) is 11.7 Å². The molecule has 3 N–H and O–H groups in total. The Hall–Kier alpha value is -2.29. The zero-order valence-corrected chi connectivity index (χ0v) is 23.0. The van der Waals surface area contributed by atoms with Gasteiger partial charge in [-0.3, -0.25) is 9.59 Å². The van der Waals surface area contributed by atoms with E-state index in [1.807, 2.05) is 13.8 Å². The van der Waals surface area contributed by atoms with Crippen molar-refractivity contribution in [3.8, 4) is 0 Å². The summed E-state index contributed by atoms with van der Waals surface area (Å²) in [6.45, 7) is 13.5. The monoisotopic (exact) mass is 516 g/mol. The highest BCUT2D eigenvalue weighted by Gasteiger charge is 2.88. The third-order valence-corrected chi connectivity index (χ3v) is 9.69. The maximum Gasteiger partial charge on any atom is 0.333 e. The average Bonchev–Trinajstić information content (AvgIpc) is 3.26. The van der Waals surface area contributed by atoms with E-state index in [9.17, 15) is 29.7 Å². The number of aliphatic hydroxyl groups excluding tert-OH is 1. The van der Waals surface area contributed by atoms with Crippen LogP contribution in [0.4, 0.5) is 0 Å². The van der Waals surface area contributed by atoms with Gasteiger partial charge in [0, 0.05) is 41.1 Å². The first-order chi connectivity index (χ1) is 17.0. The molecule has 0 amide bonds. The number of carbonyl (C=O) groups is 3. The van der Waals surface area contributed by atoms with Crippen molar-refractivity contribution in [2.24, 2.45) is 35.0 Å². The fourth-order valence-corrected chi connectivity index (χ4v) is 7.43. The molecule has 0 radical (unpaired) electrons. The smallest absolute Gasteiger partial charge is 0.333 e. The summed E-state index contributed by atoms with van der Waals surface area (Å²) in [6.07, 6.45) is 3.81. The Labute approximate surface area is 218 Å². The predicted molar refractivity (Wildman–Crippen MR) is 135 cm³/mol. The molecule has 2 saturated carbocycles. The Morgan fingerprint density at radius 1 is 1.22 bits per heavy atom. The van der Waals surface area contributed by atoms with Gasteiger partial charge in [0.2, 0.25) is 0 Å². The van der Waals surface area contributed by atoms with Crippen LogP contribution in [0.1, 0.15) is 61.8 Å². The molecular weight excluding hydrogens is 476 g/mol. The van der Waals surface area contributed by atoms with E-state index >= 15 is 0 Å². The summed E-state index contributed by atoms with van der Waals surface area (Å²) in [7, 11) is 0. The minimum absolute atomic E-state index is 0.125. The van der Waals surface area contributed by atoms with E-state index in [0.717, 1.165) is 0 Å². The van der Waals surface area contributed by atoms with E-state index in [0.29, 0.717) is 16.7 Å². The second kappa shape index (κ2) is 8.61. The number of hydrogen-bond donors (Lipinski definition) is 3. The van der Waals surface area contributed by atoms with Crippen LogP contribution in [-0.4, -0.2) is 62.6 Å². The lowest BCUT2D eigenvalue weighted by atomic mass is 9.59. The summed E-state index contributed by atoms with van der Waals surface area (Å²) < 4.78 is 12.3. The molecule has 0 bridgehead atoms. The van der Waals surface area contributed by atoms with Crippen LogP contribution < -0.4 is 0 Å². The Balaban J connectivity index is 1.96. The second-order valence-corrected chi connectivity index (χ2v) is 12.3. The molecule has 2 fully saturated rings. The summed E-state index contributed by atoms with van der Waals surface area (Å²) in [6, 6.07) is 0. The van der Waals surface area contributed by atoms with Gasteiger partial charge in [-0.25, -0.2) is 4.79 Å². The van der Waals surface area contributed by atoms with E-state index in [1.165, 1.54) is 0 Å². The molecule has 37 heavy (non-hydrogen) atoms. The van der Waals surface area contributed by atoms with Crippen LogP contribution in [0.15, 0.2) is 34.9 Å². The van der Waals surface area contributed by atoms with Gasteiger partial charge in [-0.15, -0.1) is 0 Å². The maximum atomic E-state index is 13.2. The van der Waals surface area contributed by atoms with Crippen molar-refractivity contribution in [1.82, 2.24) is 0 Å². The van der Waals surface area contributed by atoms with Crippen LogP contribution in [0.3, 0.4) is 0 Å². The van der Waals surface area contributed by atoms with Crippen molar-refractivity contribution < 1.29 is 39.2 Å². The van der Waals surface area contributed by atoms with Gasteiger partial charge in [-0.05, 0) is 31.9 Å². The Morgan fingerprint density at radius 2 is 1.84 bits per heavy atom. The average molecular weight is 517 g/mol. The van der Waals surface area contributed by atoms with Gasteiger partial charge in [-0.1, -0.05) is 52.8 Å². The normalized spacial score (nSPS) is 42.1. The number of fused-ring (bicyclic) bond motifs is 5. The first-order valence-electron chi connectivity index (χ1n) is 13.1. The number of rotatable bonds is 5. The minimum Gasteiger partial charge on any atom is -0.454 e. The van der Waals surface area contributed by atoms with Gasteiger partial charge in [-0.2, -0.15) is 0 Å². The second-order valence-electron chi connectivity index (χ2n) is 12.3. The Morgan fingerprint density at radius 3 is 2.38 bits per heavy atom. The Bertz CT molecular complexity index is 1130. The molecule has 4 aliphatic rings. The fourth-order valence-electron chi connectivity index (χ4n) is 7.43. The summed E-state index contributed by atoms with van der Waals surface area (Å²) in [5.74, 6) is -5.00. The van der Waals surface area contributed by atoms with Crippen LogP contribution >= 0.6 is 0 Å². The molecule has 0 saturated heterocycles. The molecule has 8 nitrogen and oxygen atoms in total. The van der Waals surface area contributed by atoms with E-state index in [-0.39, 0.29) is 6.42 Å². The predicted octanol–water partition coefficient (Wildman–Crippen LogP) is 2.65. The van der Waals surface area contributed by atoms with E-state index < -0.39 is 82.2 Å². The number of allylic oxidation sites excluding steroid dienone is 1. The molecule has 8 heteroatoms. The lowest BCUT2D eigenvalue weighted by molar-refractivity contribution is -0.228. The topological polar surface area (TPSA) is 130 Å². The van der Waals surface area contributed by atoms with Crippen molar-refractivity contribution in [3.05, 3.63) is 34.9 Å². The maximum absolute atomic E-state index is 13.2. The van der Waals surface area contributed by atoms with Crippen LogP contribution in [0.5, 0.6) is 0 Å². The van der Waals surface area contributed by atoms with Gasteiger partial charge in [0.05, 0.1) is 18.1 Å². The number of hydrogen-bond acceptors (Lipinski definition) is 8. The summed E-state index contributed by atoms with van der Waals surface area (Å²) >= 11 is 0. The molecule has 4 rings (SSSR count). The Kier molecular flexibility index (Phi) is 6.46. The molecule has 204 valence electrons. The van der Waals surface area contributed by atoms with Crippen molar-refractivity contribution in [2.45, 2.75) is 84.7 Å². The molecule has 0 aromatic rings.